The first-order chi connectivity index (χ1) is 11.2. The minimum atomic E-state index is -0.179. The molecule has 0 atom stereocenters. The van der Waals surface area contributed by atoms with Crippen LogP contribution in [0.15, 0.2) is 40.8 Å². The smallest absolute Gasteiger partial charge is 0.221 e. The van der Waals surface area contributed by atoms with E-state index in [2.05, 4.69) is 0 Å². The second kappa shape index (κ2) is 8.22. The van der Waals surface area contributed by atoms with E-state index in [4.69, 9.17) is 13.9 Å². The lowest BCUT2D eigenvalue weighted by atomic mass is 10.1. The number of ether oxygens (including phenoxy) is 2. The summed E-state index contributed by atoms with van der Waals surface area (Å²) in [6.45, 7) is 6.93. The average molecular weight is 314 g/mol. The number of allylic oxidation sites excluding steroid dienone is 1. The molecule has 0 unspecified atom stereocenters. The third-order valence-corrected chi connectivity index (χ3v) is 3.16. The number of furan rings is 1. The van der Waals surface area contributed by atoms with Gasteiger partial charge in [0.1, 0.15) is 5.76 Å². The lowest BCUT2D eigenvalue weighted by Crippen LogP contribution is -2.01. The number of ketones is 1. The van der Waals surface area contributed by atoms with E-state index < -0.39 is 0 Å². The molecule has 0 saturated carbocycles. The van der Waals surface area contributed by atoms with Gasteiger partial charge in [0.25, 0.3) is 0 Å². The first-order valence-electron chi connectivity index (χ1n) is 7.83. The number of carbonyl (C=O) groups excluding carboxylic acids is 1. The summed E-state index contributed by atoms with van der Waals surface area (Å²) < 4.78 is 16.7. The van der Waals surface area contributed by atoms with E-state index >= 15 is 0 Å². The van der Waals surface area contributed by atoms with E-state index in [-0.39, 0.29) is 5.78 Å². The number of hydrogen-bond acceptors (Lipinski definition) is 4. The van der Waals surface area contributed by atoms with Crippen LogP contribution >= 0.6 is 0 Å². The molecule has 1 heterocycles. The molecule has 122 valence electrons. The van der Waals surface area contributed by atoms with Crippen LogP contribution < -0.4 is 9.47 Å². The highest BCUT2D eigenvalue weighted by Gasteiger charge is 2.11. The van der Waals surface area contributed by atoms with Gasteiger partial charge in [0.2, 0.25) is 5.78 Å². The molecule has 0 spiro atoms. The Kier molecular flexibility index (Phi) is 6.03. The Morgan fingerprint density at radius 1 is 1.17 bits per heavy atom. The summed E-state index contributed by atoms with van der Waals surface area (Å²) in [5.74, 6) is 2.21. The van der Waals surface area contributed by atoms with Crippen molar-refractivity contribution in [3.63, 3.8) is 0 Å². The van der Waals surface area contributed by atoms with Crippen LogP contribution in [0.1, 0.15) is 42.1 Å². The largest absolute Gasteiger partial charge is 0.490 e. The molecule has 0 aliphatic rings. The third-order valence-electron chi connectivity index (χ3n) is 3.16. The number of carbonyl (C=O) groups is 1. The molecular formula is C19H22O4. The molecule has 0 fully saturated rings. The Bertz CT molecular complexity index is 682. The van der Waals surface area contributed by atoms with Crippen LogP contribution in [-0.4, -0.2) is 19.0 Å². The first kappa shape index (κ1) is 16.9. The van der Waals surface area contributed by atoms with E-state index in [0.717, 1.165) is 12.0 Å². The van der Waals surface area contributed by atoms with Gasteiger partial charge in [0.15, 0.2) is 17.3 Å². The summed E-state index contributed by atoms with van der Waals surface area (Å²) in [7, 11) is 0. The van der Waals surface area contributed by atoms with Crippen molar-refractivity contribution in [2.45, 2.75) is 27.2 Å². The van der Waals surface area contributed by atoms with Gasteiger partial charge < -0.3 is 13.9 Å². The number of benzene rings is 1. The highest BCUT2D eigenvalue weighted by Crippen LogP contribution is 2.32. The maximum absolute atomic E-state index is 12.1. The fraction of sp³-hybridized carbons (Fsp3) is 0.316. The number of hydrogen-bond donors (Lipinski definition) is 0. The Labute approximate surface area is 136 Å². The quantitative estimate of drug-likeness (QED) is 0.525. The minimum Gasteiger partial charge on any atom is -0.490 e. The predicted molar refractivity (Wildman–Crippen MR) is 90.2 cm³/mol. The lowest BCUT2D eigenvalue weighted by molar-refractivity contribution is 0.102. The lowest BCUT2D eigenvalue weighted by Gasteiger charge is -2.13. The van der Waals surface area contributed by atoms with Crippen molar-refractivity contribution in [2.75, 3.05) is 13.2 Å². The van der Waals surface area contributed by atoms with Crippen LogP contribution in [0.2, 0.25) is 0 Å². The van der Waals surface area contributed by atoms with Crippen LogP contribution in [0.4, 0.5) is 0 Å². The molecule has 0 aliphatic heterocycles. The van der Waals surface area contributed by atoms with Crippen molar-refractivity contribution >= 4 is 11.9 Å². The van der Waals surface area contributed by atoms with Gasteiger partial charge in [0.05, 0.1) is 13.2 Å². The zero-order valence-electron chi connectivity index (χ0n) is 13.8. The number of aryl methyl sites for hydroxylation is 1. The van der Waals surface area contributed by atoms with Gasteiger partial charge in [0, 0.05) is 5.56 Å². The van der Waals surface area contributed by atoms with Crippen molar-refractivity contribution in [1.82, 2.24) is 0 Å². The molecule has 1 aromatic carbocycles. The van der Waals surface area contributed by atoms with Gasteiger partial charge >= 0.3 is 0 Å². The summed E-state index contributed by atoms with van der Waals surface area (Å²) in [5, 5.41) is 0. The summed E-state index contributed by atoms with van der Waals surface area (Å²) in [5.41, 5.74) is 0.807. The van der Waals surface area contributed by atoms with Gasteiger partial charge in [-0.05, 0) is 50.6 Å². The van der Waals surface area contributed by atoms with Crippen molar-refractivity contribution < 1.29 is 18.7 Å². The monoisotopic (exact) mass is 314 g/mol. The van der Waals surface area contributed by atoms with Crippen molar-refractivity contribution in [1.29, 1.82) is 0 Å². The topological polar surface area (TPSA) is 48.7 Å². The molecular weight excluding hydrogens is 292 g/mol. The van der Waals surface area contributed by atoms with Gasteiger partial charge in [-0.3, -0.25) is 4.79 Å². The standard InChI is InChI=1S/C19H22O4/c1-4-13-22-19-15(7-6-8-18(19)21-5-2)10-11-16(20)17-12-9-14(3)23-17/h6-12H,4-5,13H2,1-3H3. The van der Waals surface area contributed by atoms with Gasteiger partial charge in [-0.1, -0.05) is 19.1 Å². The molecule has 4 heteroatoms. The van der Waals surface area contributed by atoms with Gasteiger partial charge in [-0.25, -0.2) is 0 Å². The minimum absolute atomic E-state index is 0.179. The molecule has 23 heavy (non-hydrogen) atoms. The summed E-state index contributed by atoms with van der Waals surface area (Å²) >= 11 is 0. The molecule has 0 radical (unpaired) electrons. The highest BCUT2D eigenvalue weighted by atomic mass is 16.5. The molecule has 4 nitrogen and oxygen atoms in total. The van der Waals surface area contributed by atoms with E-state index in [1.165, 1.54) is 6.08 Å². The van der Waals surface area contributed by atoms with E-state index in [9.17, 15) is 4.79 Å². The zero-order chi connectivity index (χ0) is 16.7. The van der Waals surface area contributed by atoms with Crippen LogP contribution in [0.3, 0.4) is 0 Å². The molecule has 1 aromatic heterocycles. The first-order valence-corrected chi connectivity index (χ1v) is 7.83. The molecule has 0 aliphatic carbocycles. The Morgan fingerprint density at radius 2 is 2.00 bits per heavy atom. The summed E-state index contributed by atoms with van der Waals surface area (Å²) in [4.78, 5) is 12.1. The van der Waals surface area contributed by atoms with Crippen LogP contribution in [0.25, 0.3) is 6.08 Å². The van der Waals surface area contributed by atoms with E-state index in [0.29, 0.717) is 36.2 Å². The van der Waals surface area contributed by atoms with E-state index in [1.807, 2.05) is 39.0 Å². The normalized spacial score (nSPS) is 10.9. The van der Waals surface area contributed by atoms with Gasteiger partial charge in [-0.15, -0.1) is 0 Å². The Hall–Kier alpha value is -2.49. The van der Waals surface area contributed by atoms with Crippen molar-refractivity contribution in [3.05, 3.63) is 53.5 Å². The van der Waals surface area contributed by atoms with Crippen molar-refractivity contribution in [3.8, 4) is 11.5 Å². The maximum Gasteiger partial charge on any atom is 0.221 e. The molecule has 0 saturated heterocycles. The van der Waals surface area contributed by atoms with Crippen LogP contribution in [0, 0.1) is 6.92 Å². The predicted octanol–water partition coefficient (Wildman–Crippen LogP) is 4.67. The summed E-state index contributed by atoms with van der Waals surface area (Å²) in [6.07, 6.45) is 4.12. The van der Waals surface area contributed by atoms with Crippen LogP contribution in [-0.2, 0) is 0 Å². The highest BCUT2D eigenvalue weighted by molar-refractivity contribution is 6.05. The maximum atomic E-state index is 12.1. The SMILES string of the molecule is CCCOc1c(C=CC(=O)c2ccc(C)o2)cccc1OCC. The number of para-hydroxylation sites is 1. The molecule has 2 aromatic rings. The zero-order valence-corrected chi connectivity index (χ0v) is 13.8. The van der Waals surface area contributed by atoms with Gasteiger partial charge in [-0.2, -0.15) is 0 Å². The fourth-order valence-corrected chi connectivity index (χ4v) is 2.11. The second-order valence-electron chi connectivity index (χ2n) is 5.06. The number of rotatable bonds is 8. The van der Waals surface area contributed by atoms with E-state index in [1.54, 1.807) is 18.2 Å². The molecule has 0 amide bonds. The molecule has 0 N–H and O–H groups in total. The molecule has 0 bridgehead atoms. The van der Waals surface area contributed by atoms with Crippen LogP contribution in [0.5, 0.6) is 11.5 Å². The Balaban J connectivity index is 2.25. The fourth-order valence-electron chi connectivity index (χ4n) is 2.11. The average Bonchev–Trinajstić information content (AvgIpc) is 2.98. The summed E-state index contributed by atoms with van der Waals surface area (Å²) in [6, 6.07) is 9.08. The Morgan fingerprint density at radius 3 is 2.65 bits per heavy atom. The van der Waals surface area contributed by atoms with Crippen molar-refractivity contribution in [2.24, 2.45) is 0 Å². The second-order valence-corrected chi connectivity index (χ2v) is 5.06. The molecule has 2 rings (SSSR count). The third kappa shape index (κ3) is 4.49.